The summed E-state index contributed by atoms with van der Waals surface area (Å²) >= 11 is 0. The summed E-state index contributed by atoms with van der Waals surface area (Å²) in [6, 6.07) is 8.99. The molecule has 0 bridgehead atoms. The van der Waals surface area contributed by atoms with E-state index in [1.807, 2.05) is 4.90 Å². The van der Waals surface area contributed by atoms with E-state index < -0.39 is 5.82 Å². The Morgan fingerprint density at radius 2 is 1.97 bits per heavy atom. The van der Waals surface area contributed by atoms with E-state index in [1.54, 1.807) is 19.2 Å². The van der Waals surface area contributed by atoms with E-state index >= 15 is 0 Å². The molecule has 6 nitrogen and oxygen atoms in total. The number of ether oxygens (including phenoxy) is 1. The molecule has 0 spiro atoms. The second-order valence-electron chi connectivity index (χ2n) is 6.90. The molecule has 3 aromatic rings. The first-order valence-electron chi connectivity index (χ1n) is 9.33. The standard InChI is InChI=1S/C21H20F2N4O2/c1-26-20(28)11-18(16-7-8-24-12-17(16)23)25-21(26)27-9-2-10-29-19(13-27)14-3-5-15(22)6-4-14/h3-8,11-12,19H,2,9-10,13H2,1H3. The molecule has 1 aromatic carbocycles. The second-order valence-corrected chi connectivity index (χ2v) is 6.90. The number of pyridine rings is 1. The second kappa shape index (κ2) is 8.08. The number of nitrogens with zero attached hydrogens (tertiary/aromatic N) is 4. The summed E-state index contributed by atoms with van der Waals surface area (Å²) in [5.74, 6) is -0.417. The maximum atomic E-state index is 14.2. The van der Waals surface area contributed by atoms with Crippen LogP contribution >= 0.6 is 0 Å². The smallest absolute Gasteiger partial charge is 0.255 e. The van der Waals surface area contributed by atoms with Gasteiger partial charge in [-0.25, -0.2) is 13.8 Å². The molecule has 1 aliphatic heterocycles. The third-order valence-corrected chi connectivity index (χ3v) is 4.96. The van der Waals surface area contributed by atoms with Crippen LogP contribution in [0.15, 0.2) is 53.6 Å². The SMILES string of the molecule is Cn1c(N2CCCOC(c3ccc(F)cc3)C2)nc(-c2ccncc2F)cc1=O. The molecular formula is C21H20F2N4O2. The van der Waals surface area contributed by atoms with Crippen molar-refractivity contribution in [1.29, 1.82) is 0 Å². The van der Waals surface area contributed by atoms with E-state index in [1.165, 1.54) is 35.0 Å². The van der Waals surface area contributed by atoms with Crippen LogP contribution in [0.2, 0.25) is 0 Å². The maximum absolute atomic E-state index is 14.2. The molecule has 1 atom stereocenters. The Labute approximate surface area is 166 Å². The lowest BCUT2D eigenvalue weighted by Gasteiger charge is -2.26. The van der Waals surface area contributed by atoms with Crippen LogP contribution in [-0.4, -0.2) is 34.2 Å². The molecule has 1 fully saturated rings. The van der Waals surface area contributed by atoms with Crippen molar-refractivity contribution in [1.82, 2.24) is 14.5 Å². The molecule has 1 unspecified atom stereocenters. The minimum atomic E-state index is -0.539. The van der Waals surface area contributed by atoms with E-state index in [-0.39, 0.29) is 28.7 Å². The van der Waals surface area contributed by atoms with E-state index in [2.05, 4.69) is 9.97 Å². The molecule has 4 rings (SSSR count). The summed E-state index contributed by atoms with van der Waals surface area (Å²) in [5, 5.41) is 0. The van der Waals surface area contributed by atoms with Gasteiger partial charge in [-0.15, -0.1) is 0 Å². The number of benzene rings is 1. The summed E-state index contributed by atoms with van der Waals surface area (Å²) in [4.78, 5) is 22.8. The zero-order chi connectivity index (χ0) is 20.4. The summed E-state index contributed by atoms with van der Waals surface area (Å²) in [6.07, 6.45) is 3.00. The van der Waals surface area contributed by atoms with Crippen LogP contribution in [0.1, 0.15) is 18.1 Å². The molecule has 1 aliphatic rings. The highest BCUT2D eigenvalue weighted by atomic mass is 19.1. The molecule has 150 valence electrons. The molecule has 8 heteroatoms. The van der Waals surface area contributed by atoms with Crippen LogP contribution in [0.5, 0.6) is 0 Å². The lowest BCUT2D eigenvalue weighted by Crippen LogP contribution is -2.34. The van der Waals surface area contributed by atoms with Crippen molar-refractivity contribution < 1.29 is 13.5 Å². The number of halogens is 2. The van der Waals surface area contributed by atoms with Crippen molar-refractivity contribution in [3.8, 4) is 11.3 Å². The van der Waals surface area contributed by atoms with Crippen molar-refractivity contribution in [2.75, 3.05) is 24.6 Å². The van der Waals surface area contributed by atoms with Crippen molar-refractivity contribution in [3.63, 3.8) is 0 Å². The van der Waals surface area contributed by atoms with Gasteiger partial charge >= 0.3 is 0 Å². The van der Waals surface area contributed by atoms with Crippen LogP contribution in [0, 0.1) is 11.6 Å². The van der Waals surface area contributed by atoms with Crippen molar-refractivity contribution >= 4 is 5.95 Å². The van der Waals surface area contributed by atoms with Crippen molar-refractivity contribution in [2.45, 2.75) is 12.5 Å². The molecule has 1 saturated heterocycles. The van der Waals surface area contributed by atoms with Gasteiger partial charge in [0, 0.05) is 38.0 Å². The number of rotatable bonds is 3. The van der Waals surface area contributed by atoms with Crippen LogP contribution in [0.3, 0.4) is 0 Å². The quantitative estimate of drug-likeness (QED) is 0.679. The van der Waals surface area contributed by atoms with Crippen LogP contribution in [-0.2, 0) is 11.8 Å². The predicted molar refractivity (Wildman–Crippen MR) is 105 cm³/mol. The first kappa shape index (κ1) is 19.2. The van der Waals surface area contributed by atoms with Crippen LogP contribution < -0.4 is 10.5 Å². The lowest BCUT2D eigenvalue weighted by atomic mass is 10.1. The van der Waals surface area contributed by atoms with E-state index in [9.17, 15) is 13.6 Å². The minimum Gasteiger partial charge on any atom is -0.372 e. The lowest BCUT2D eigenvalue weighted by molar-refractivity contribution is 0.0685. The molecule has 2 aromatic heterocycles. The third-order valence-electron chi connectivity index (χ3n) is 4.96. The highest BCUT2D eigenvalue weighted by Gasteiger charge is 2.24. The van der Waals surface area contributed by atoms with Crippen molar-refractivity contribution in [3.05, 3.63) is 76.3 Å². The highest BCUT2D eigenvalue weighted by molar-refractivity contribution is 5.60. The van der Waals surface area contributed by atoms with Gasteiger partial charge in [-0.1, -0.05) is 12.1 Å². The normalized spacial score (nSPS) is 17.2. The Balaban J connectivity index is 1.71. The average Bonchev–Trinajstić information content (AvgIpc) is 2.97. The molecule has 0 saturated carbocycles. The van der Waals surface area contributed by atoms with Crippen molar-refractivity contribution in [2.24, 2.45) is 7.05 Å². The molecule has 0 N–H and O–H groups in total. The largest absolute Gasteiger partial charge is 0.372 e. The van der Waals surface area contributed by atoms with Gasteiger partial charge in [0.2, 0.25) is 5.95 Å². The molecule has 0 aliphatic carbocycles. The summed E-state index contributed by atoms with van der Waals surface area (Å²) < 4.78 is 34.8. The van der Waals surface area contributed by atoms with Gasteiger partial charge in [-0.05, 0) is 30.2 Å². The van der Waals surface area contributed by atoms with E-state index in [4.69, 9.17) is 4.74 Å². The fourth-order valence-corrected chi connectivity index (χ4v) is 3.42. The van der Waals surface area contributed by atoms with Crippen LogP contribution in [0.25, 0.3) is 11.3 Å². The van der Waals surface area contributed by atoms with Gasteiger partial charge in [0.1, 0.15) is 11.9 Å². The maximum Gasteiger partial charge on any atom is 0.255 e. The van der Waals surface area contributed by atoms with Gasteiger partial charge in [0.15, 0.2) is 5.82 Å². The molecule has 0 radical (unpaired) electrons. The number of anilines is 1. The first-order chi connectivity index (χ1) is 14.0. The first-order valence-corrected chi connectivity index (χ1v) is 9.33. The zero-order valence-electron chi connectivity index (χ0n) is 15.9. The monoisotopic (exact) mass is 398 g/mol. The number of hydrogen-bond donors (Lipinski definition) is 0. The van der Waals surface area contributed by atoms with Gasteiger partial charge in [0.05, 0.1) is 18.4 Å². The Morgan fingerprint density at radius 3 is 2.72 bits per heavy atom. The summed E-state index contributed by atoms with van der Waals surface area (Å²) in [6.45, 7) is 1.60. The molecular weight excluding hydrogens is 378 g/mol. The third kappa shape index (κ3) is 4.02. The van der Waals surface area contributed by atoms with Gasteiger partial charge in [-0.2, -0.15) is 0 Å². The Bertz CT molecular complexity index is 1070. The Morgan fingerprint density at radius 1 is 1.17 bits per heavy atom. The number of hydrogen-bond acceptors (Lipinski definition) is 5. The average molecular weight is 398 g/mol. The Kier molecular flexibility index (Phi) is 5.35. The molecule has 0 amide bonds. The van der Waals surface area contributed by atoms with Gasteiger partial charge < -0.3 is 9.64 Å². The Hall–Kier alpha value is -3.13. The minimum absolute atomic E-state index is 0.222. The fraction of sp³-hybridized carbons (Fsp3) is 0.286. The summed E-state index contributed by atoms with van der Waals surface area (Å²) in [7, 11) is 1.63. The number of aromatic nitrogens is 3. The zero-order valence-corrected chi connectivity index (χ0v) is 15.9. The highest BCUT2D eigenvalue weighted by Crippen LogP contribution is 2.26. The van der Waals surface area contributed by atoms with E-state index in [0.29, 0.717) is 25.6 Å². The van der Waals surface area contributed by atoms with Gasteiger partial charge in [0.25, 0.3) is 5.56 Å². The topological polar surface area (TPSA) is 60.2 Å². The summed E-state index contributed by atoms with van der Waals surface area (Å²) in [5.41, 5.74) is 1.04. The molecule has 3 heterocycles. The van der Waals surface area contributed by atoms with E-state index in [0.717, 1.165) is 18.2 Å². The predicted octanol–water partition coefficient (Wildman–Crippen LogP) is 3.09. The fourth-order valence-electron chi connectivity index (χ4n) is 3.42. The van der Waals surface area contributed by atoms with Gasteiger partial charge in [-0.3, -0.25) is 14.3 Å². The van der Waals surface area contributed by atoms with Crippen LogP contribution in [0.4, 0.5) is 14.7 Å². The molecule has 29 heavy (non-hydrogen) atoms.